The highest BCUT2D eigenvalue weighted by Crippen LogP contribution is 2.20. The van der Waals surface area contributed by atoms with Gasteiger partial charge in [0.1, 0.15) is 17.2 Å². The van der Waals surface area contributed by atoms with E-state index in [0.717, 1.165) is 10.0 Å². The number of carbonyl (C=O) groups is 2. The van der Waals surface area contributed by atoms with E-state index < -0.39 is 11.8 Å². The number of carbonyl (C=O) groups excluding carboxylic acids is 2. The molecule has 0 aromatic carbocycles. The lowest BCUT2D eigenvalue weighted by Gasteiger charge is -2.06. The monoisotopic (exact) mass is 339 g/mol. The Hall–Kier alpha value is -2.02. The Balaban J connectivity index is 2.04. The average molecular weight is 340 g/mol. The number of furan rings is 1. The zero-order valence-corrected chi connectivity index (χ0v) is 12.8. The van der Waals surface area contributed by atoms with E-state index in [2.05, 4.69) is 31.8 Å². The maximum atomic E-state index is 12.0. The van der Waals surface area contributed by atoms with Gasteiger partial charge in [0.2, 0.25) is 0 Å². The van der Waals surface area contributed by atoms with Crippen molar-refractivity contribution >= 4 is 27.7 Å². The van der Waals surface area contributed by atoms with E-state index in [0.29, 0.717) is 22.8 Å². The Morgan fingerprint density at radius 2 is 1.80 bits per heavy atom. The molecule has 0 saturated carbocycles. The molecular formula is C13H14BrN3O3. The number of halogens is 1. The number of H-pyrrole nitrogens is 1. The van der Waals surface area contributed by atoms with Crippen LogP contribution in [0.25, 0.3) is 0 Å². The normalized spacial score (nSPS) is 10.4. The first-order chi connectivity index (χ1) is 9.40. The zero-order chi connectivity index (χ0) is 14.9. The van der Waals surface area contributed by atoms with Gasteiger partial charge in [-0.1, -0.05) is 0 Å². The number of aromatic nitrogens is 1. The average Bonchev–Trinajstić information content (AvgIpc) is 2.91. The van der Waals surface area contributed by atoms with Crippen LogP contribution in [0, 0.1) is 20.8 Å². The van der Waals surface area contributed by atoms with Crippen LogP contribution < -0.4 is 10.9 Å². The van der Waals surface area contributed by atoms with Gasteiger partial charge in [0.15, 0.2) is 0 Å². The topological polar surface area (TPSA) is 87.1 Å². The maximum Gasteiger partial charge on any atom is 0.286 e. The van der Waals surface area contributed by atoms with Crippen LogP contribution >= 0.6 is 15.9 Å². The number of aryl methyl sites for hydroxylation is 2. The molecule has 0 aliphatic carbocycles. The molecule has 3 N–H and O–H groups in total. The lowest BCUT2D eigenvalue weighted by molar-refractivity contribution is 0.0843. The van der Waals surface area contributed by atoms with Gasteiger partial charge in [-0.3, -0.25) is 20.4 Å². The highest BCUT2D eigenvalue weighted by molar-refractivity contribution is 9.10. The van der Waals surface area contributed by atoms with E-state index in [9.17, 15) is 9.59 Å². The lowest BCUT2D eigenvalue weighted by Crippen LogP contribution is -2.42. The molecule has 0 spiro atoms. The molecule has 0 aliphatic heterocycles. The molecule has 0 atom stereocenters. The van der Waals surface area contributed by atoms with Crippen LogP contribution in [-0.4, -0.2) is 16.8 Å². The van der Waals surface area contributed by atoms with Gasteiger partial charge in [-0.05, 0) is 42.8 Å². The second-order valence-corrected chi connectivity index (χ2v) is 5.27. The third-order valence-corrected chi connectivity index (χ3v) is 3.43. The molecule has 7 heteroatoms. The van der Waals surface area contributed by atoms with E-state index in [4.69, 9.17) is 4.42 Å². The molecule has 0 unspecified atom stereocenters. The van der Waals surface area contributed by atoms with E-state index in [-0.39, 0.29) is 0 Å². The third kappa shape index (κ3) is 2.77. The van der Waals surface area contributed by atoms with Gasteiger partial charge >= 0.3 is 0 Å². The standard InChI is InChI=1S/C13H14BrN3O3/c1-6-7(2)20-8(3)11(6)13(19)17-16-12(18)10-4-9(14)5-15-10/h4-5,15H,1-3H3,(H,16,18)(H,17,19). The van der Waals surface area contributed by atoms with Crippen LogP contribution in [-0.2, 0) is 0 Å². The molecule has 2 aromatic rings. The fraction of sp³-hybridized carbons (Fsp3) is 0.231. The summed E-state index contributed by atoms with van der Waals surface area (Å²) in [7, 11) is 0. The van der Waals surface area contributed by atoms with E-state index in [1.54, 1.807) is 33.0 Å². The Morgan fingerprint density at radius 3 is 2.30 bits per heavy atom. The fourth-order valence-corrected chi connectivity index (χ4v) is 2.21. The van der Waals surface area contributed by atoms with Crippen LogP contribution in [0.3, 0.4) is 0 Å². The van der Waals surface area contributed by atoms with Crippen molar-refractivity contribution in [3.8, 4) is 0 Å². The molecule has 0 aliphatic rings. The van der Waals surface area contributed by atoms with Gasteiger partial charge in [0.05, 0.1) is 5.56 Å². The van der Waals surface area contributed by atoms with Crippen LogP contribution in [0.2, 0.25) is 0 Å². The first-order valence-electron chi connectivity index (χ1n) is 5.91. The molecule has 2 amide bonds. The number of rotatable bonds is 2. The van der Waals surface area contributed by atoms with Crippen molar-refractivity contribution in [2.75, 3.05) is 0 Å². The number of hydrazine groups is 1. The minimum absolute atomic E-state index is 0.342. The van der Waals surface area contributed by atoms with Gasteiger partial charge in [-0.25, -0.2) is 0 Å². The number of amides is 2. The molecule has 2 heterocycles. The zero-order valence-electron chi connectivity index (χ0n) is 11.3. The smallest absolute Gasteiger partial charge is 0.286 e. The predicted octanol–water partition coefficient (Wildman–Crippen LogP) is 2.37. The summed E-state index contributed by atoms with van der Waals surface area (Å²) >= 11 is 3.23. The minimum atomic E-state index is -0.431. The van der Waals surface area contributed by atoms with Crippen LogP contribution in [0.1, 0.15) is 37.9 Å². The Kier molecular flexibility index (Phi) is 3.99. The number of hydrogen-bond donors (Lipinski definition) is 3. The van der Waals surface area contributed by atoms with E-state index in [1.807, 2.05) is 0 Å². The molecule has 2 rings (SSSR count). The second kappa shape index (κ2) is 5.54. The molecule has 2 aromatic heterocycles. The molecule has 0 radical (unpaired) electrons. The minimum Gasteiger partial charge on any atom is -0.466 e. The second-order valence-electron chi connectivity index (χ2n) is 4.35. The Morgan fingerprint density at radius 1 is 1.15 bits per heavy atom. The fourth-order valence-electron chi connectivity index (χ4n) is 1.87. The summed E-state index contributed by atoms with van der Waals surface area (Å²) in [6, 6.07) is 1.61. The largest absolute Gasteiger partial charge is 0.466 e. The maximum absolute atomic E-state index is 12.0. The highest BCUT2D eigenvalue weighted by Gasteiger charge is 2.19. The number of aromatic amines is 1. The van der Waals surface area contributed by atoms with E-state index in [1.165, 1.54) is 0 Å². The predicted molar refractivity (Wildman–Crippen MR) is 76.3 cm³/mol. The summed E-state index contributed by atoms with van der Waals surface area (Å²) < 4.78 is 6.13. The van der Waals surface area contributed by atoms with Crippen molar-refractivity contribution in [1.29, 1.82) is 0 Å². The first-order valence-corrected chi connectivity index (χ1v) is 6.70. The van der Waals surface area contributed by atoms with Crippen molar-refractivity contribution in [2.24, 2.45) is 0 Å². The first kappa shape index (κ1) is 14.4. The summed E-state index contributed by atoms with van der Waals surface area (Å²) in [6.45, 7) is 5.29. The van der Waals surface area contributed by atoms with Crippen molar-refractivity contribution < 1.29 is 14.0 Å². The summed E-state index contributed by atoms with van der Waals surface area (Å²) in [5.74, 6) is 0.372. The summed E-state index contributed by atoms with van der Waals surface area (Å²) in [4.78, 5) is 26.6. The Labute approximate surface area is 124 Å². The molecule has 20 heavy (non-hydrogen) atoms. The van der Waals surface area contributed by atoms with Crippen molar-refractivity contribution in [3.63, 3.8) is 0 Å². The van der Waals surface area contributed by atoms with Crippen LogP contribution in [0.5, 0.6) is 0 Å². The molecule has 106 valence electrons. The lowest BCUT2D eigenvalue weighted by atomic mass is 10.1. The van der Waals surface area contributed by atoms with Gasteiger partial charge in [-0.2, -0.15) is 0 Å². The summed E-state index contributed by atoms with van der Waals surface area (Å²) in [5.41, 5.74) is 6.25. The van der Waals surface area contributed by atoms with Crippen molar-refractivity contribution in [1.82, 2.24) is 15.8 Å². The summed E-state index contributed by atoms with van der Waals surface area (Å²) in [5, 5.41) is 0. The third-order valence-electron chi connectivity index (χ3n) is 2.97. The molecular weight excluding hydrogens is 326 g/mol. The van der Waals surface area contributed by atoms with E-state index >= 15 is 0 Å². The molecule has 6 nitrogen and oxygen atoms in total. The number of nitrogens with one attached hydrogen (secondary N) is 3. The Bertz CT molecular complexity index is 672. The van der Waals surface area contributed by atoms with Crippen LogP contribution in [0.15, 0.2) is 21.2 Å². The number of hydrogen-bond acceptors (Lipinski definition) is 3. The molecule has 0 saturated heterocycles. The van der Waals surface area contributed by atoms with Gasteiger partial charge < -0.3 is 9.40 Å². The van der Waals surface area contributed by atoms with Gasteiger partial charge in [0, 0.05) is 16.2 Å². The molecule has 0 fully saturated rings. The molecule has 0 bridgehead atoms. The summed E-state index contributed by atoms with van der Waals surface area (Å²) in [6.07, 6.45) is 1.63. The van der Waals surface area contributed by atoms with Crippen LogP contribution in [0.4, 0.5) is 0 Å². The highest BCUT2D eigenvalue weighted by atomic mass is 79.9. The SMILES string of the molecule is Cc1oc(C)c(C(=O)NNC(=O)c2cc(Br)c[nH]2)c1C. The van der Waals surface area contributed by atoms with Crippen molar-refractivity contribution in [3.05, 3.63) is 45.1 Å². The quantitative estimate of drug-likeness (QED) is 0.734. The van der Waals surface area contributed by atoms with Gasteiger partial charge in [0.25, 0.3) is 11.8 Å². The van der Waals surface area contributed by atoms with Gasteiger partial charge in [-0.15, -0.1) is 0 Å². The van der Waals surface area contributed by atoms with Crippen molar-refractivity contribution in [2.45, 2.75) is 20.8 Å².